The van der Waals surface area contributed by atoms with Gasteiger partial charge in [0.2, 0.25) is 0 Å². The monoisotopic (exact) mass is 660 g/mol. The van der Waals surface area contributed by atoms with Crippen LogP contribution >= 0.6 is 0 Å². The van der Waals surface area contributed by atoms with Crippen LogP contribution in [0.4, 0.5) is 0 Å². The molecule has 0 aliphatic carbocycles. The van der Waals surface area contributed by atoms with Crippen molar-refractivity contribution in [1.29, 1.82) is 0 Å². The summed E-state index contributed by atoms with van der Waals surface area (Å²) in [6, 6.07) is 48.8. The first-order chi connectivity index (χ1) is 24.6. The highest BCUT2D eigenvalue weighted by Crippen LogP contribution is 2.46. The minimum atomic E-state index is -0.530. The van der Waals surface area contributed by atoms with Gasteiger partial charge in [0.15, 0.2) is 17.6 Å². The zero-order chi connectivity index (χ0) is 34.1. The second kappa shape index (κ2) is 15.5. The van der Waals surface area contributed by atoms with Crippen LogP contribution in [-0.4, -0.2) is 0 Å². The van der Waals surface area contributed by atoms with Crippen molar-refractivity contribution in [3.8, 4) is 23.0 Å². The van der Waals surface area contributed by atoms with Crippen molar-refractivity contribution in [2.24, 2.45) is 0 Å². The molecule has 1 aliphatic heterocycles. The van der Waals surface area contributed by atoms with Gasteiger partial charge >= 0.3 is 0 Å². The van der Waals surface area contributed by atoms with Crippen LogP contribution < -0.4 is 18.9 Å². The molecule has 0 amide bonds. The second-order valence-corrected chi connectivity index (χ2v) is 12.4. The van der Waals surface area contributed by atoms with E-state index in [4.69, 9.17) is 23.7 Å². The molecule has 0 saturated heterocycles. The van der Waals surface area contributed by atoms with Gasteiger partial charge in [0.1, 0.15) is 43.7 Å². The Hall–Kier alpha value is -5.94. The summed E-state index contributed by atoms with van der Waals surface area (Å²) in [5, 5.41) is 0. The van der Waals surface area contributed by atoms with Crippen LogP contribution in [0, 0.1) is 13.8 Å². The average Bonchev–Trinajstić information content (AvgIpc) is 3.16. The second-order valence-electron chi connectivity index (χ2n) is 12.4. The Morgan fingerprint density at radius 3 is 1.52 bits per heavy atom. The molecule has 5 heteroatoms. The summed E-state index contributed by atoms with van der Waals surface area (Å²) in [4.78, 5) is 0. The quantitative estimate of drug-likeness (QED) is 0.123. The van der Waals surface area contributed by atoms with E-state index in [0.717, 1.165) is 56.0 Å². The molecule has 0 aromatic heterocycles. The molecule has 1 unspecified atom stereocenters. The van der Waals surface area contributed by atoms with E-state index >= 15 is 0 Å². The number of hydrogen-bond acceptors (Lipinski definition) is 5. The van der Waals surface area contributed by atoms with Crippen molar-refractivity contribution >= 4 is 6.08 Å². The predicted molar refractivity (Wildman–Crippen MR) is 197 cm³/mol. The standard InChI is InChI=1S/C45H40O5/c1-32-25-41(47-29-35-17-9-4-10-18-35)39-27-43(48-30-36-19-11-5-12-20-36)45(50-42(39)26-32)38-23-24-40(46-28-34-15-7-3-8-16-34)44(33(38)2)49-31-37-21-13-6-14-22-37/h3-27,45H,28-31H2,1-2H3. The number of rotatable bonds is 13. The van der Waals surface area contributed by atoms with Gasteiger partial charge in [-0.05, 0) is 65.9 Å². The minimum absolute atomic E-state index is 0.391. The molecule has 0 fully saturated rings. The molecule has 0 radical (unpaired) electrons. The van der Waals surface area contributed by atoms with Gasteiger partial charge in [0, 0.05) is 11.1 Å². The topological polar surface area (TPSA) is 46.2 Å². The van der Waals surface area contributed by atoms with E-state index < -0.39 is 6.10 Å². The number of hydrogen-bond donors (Lipinski definition) is 0. The predicted octanol–water partition coefficient (Wildman–Crippen LogP) is 10.7. The zero-order valence-electron chi connectivity index (χ0n) is 28.4. The summed E-state index contributed by atoms with van der Waals surface area (Å²) >= 11 is 0. The first-order valence-corrected chi connectivity index (χ1v) is 16.9. The van der Waals surface area contributed by atoms with Gasteiger partial charge in [-0.25, -0.2) is 0 Å². The number of ether oxygens (including phenoxy) is 5. The molecule has 7 rings (SSSR count). The maximum atomic E-state index is 6.89. The third-order valence-electron chi connectivity index (χ3n) is 8.68. The normalized spacial score (nSPS) is 13.4. The van der Waals surface area contributed by atoms with Crippen molar-refractivity contribution < 1.29 is 23.7 Å². The fraction of sp³-hybridized carbons (Fsp3) is 0.156. The molecule has 0 bridgehead atoms. The van der Waals surface area contributed by atoms with Gasteiger partial charge < -0.3 is 23.7 Å². The minimum Gasteiger partial charge on any atom is -0.489 e. The molecule has 6 aromatic carbocycles. The third-order valence-corrected chi connectivity index (χ3v) is 8.68. The van der Waals surface area contributed by atoms with E-state index in [1.807, 2.05) is 78.9 Å². The Morgan fingerprint density at radius 1 is 0.500 bits per heavy atom. The lowest BCUT2D eigenvalue weighted by molar-refractivity contribution is 0.106. The molecular formula is C45H40O5. The van der Waals surface area contributed by atoms with E-state index in [1.165, 1.54) is 0 Å². The molecule has 0 saturated carbocycles. The van der Waals surface area contributed by atoms with Crippen molar-refractivity contribution in [3.05, 3.63) is 196 Å². The Bertz CT molecular complexity index is 2040. The largest absolute Gasteiger partial charge is 0.489 e. The molecule has 0 spiro atoms. The summed E-state index contributed by atoms with van der Waals surface area (Å²) in [6.45, 7) is 5.77. The van der Waals surface area contributed by atoms with Crippen LogP contribution in [0.25, 0.3) is 6.08 Å². The van der Waals surface area contributed by atoms with Gasteiger partial charge in [-0.1, -0.05) is 127 Å². The van der Waals surface area contributed by atoms with E-state index in [2.05, 4.69) is 86.7 Å². The van der Waals surface area contributed by atoms with Crippen molar-refractivity contribution in [2.75, 3.05) is 0 Å². The smallest absolute Gasteiger partial charge is 0.181 e. The van der Waals surface area contributed by atoms with E-state index in [9.17, 15) is 0 Å². The van der Waals surface area contributed by atoms with Crippen LogP contribution in [0.2, 0.25) is 0 Å². The molecule has 5 nitrogen and oxygen atoms in total. The number of aryl methyl sites for hydroxylation is 1. The average molecular weight is 661 g/mol. The van der Waals surface area contributed by atoms with E-state index in [0.29, 0.717) is 43.7 Å². The first-order valence-electron chi connectivity index (χ1n) is 16.9. The van der Waals surface area contributed by atoms with Crippen LogP contribution in [-0.2, 0) is 31.2 Å². The lowest BCUT2D eigenvalue weighted by Crippen LogP contribution is -2.19. The van der Waals surface area contributed by atoms with Crippen molar-refractivity contribution in [3.63, 3.8) is 0 Å². The maximum Gasteiger partial charge on any atom is 0.181 e. The van der Waals surface area contributed by atoms with Crippen LogP contribution in [0.15, 0.2) is 151 Å². The lowest BCUT2D eigenvalue weighted by Gasteiger charge is -2.30. The highest BCUT2D eigenvalue weighted by molar-refractivity contribution is 5.70. The molecular weight excluding hydrogens is 620 g/mol. The highest BCUT2D eigenvalue weighted by atomic mass is 16.5. The summed E-state index contributed by atoms with van der Waals surface area (Å²) in [7, 11) is 0. The number of benzene rings is 6. The fourth-order valence-electron chi connectivity index (χ4n) is 6.03. The molecule has 6 aromatic rings. The molecule has 50 heavy (non-hydrogen) atoms. The number of fused-ring (bicyclic) bond motifs is 1. The van der Waals surface area contributed by atoms with Gasteiger partial charge in [-0.3, -0.25) is 0 Å². The SMILES string of the molecule is Cc1cc(OCc2ccccc2)c2c(c1)OC(c1ccc(OCc3ccccc3)c(OCc3ccccc3)c1C)C(OCc1ccccc1)=C2. The zero-order valence-corrected chi connectivity index (χ0v) is 28.4. The summed E-state index contributed by atoms with van der Waals surface area (Å²) < 4.78 is 32.9. The Morgan fingerprint density at radius 2 is 0.980 bits per heavy atom. The molecule has 0 N–H and O–H groups in total. The van der Waals surface area contributed by atoms with Crippen LogP contribution in [0.5, 0.6) is 23.0 Å². The summed E-state index contributed by atoms with van der Waals surface area (Å²) in [5.74, 6) is 3.52. The maximum absolute atomic E-state index is 6.89. The van der Waals surface area contributed by atoms with Crippen molar-refractivity contribution in [2.45, 2.75) is 46.4 Å². The Labute approximate surface area is 294 Å². The van der Waals surface area contributed by atoms with Crippen LogP contribution in [0.1, 0.15) is 50.6 Å². The molecule has 1 atom stereocenters. The first kappa shape index (κ1) is 32.6. The Kier molecular flexibility index (Phi) is 10.1. The highest BCUT2D eigenvalue weighted by Gasteiger charge is 2.31. The lowest BCUT2D eigenvalue weighted by atomic mass is 9.96. The molecule has 250 valence electrons. The third kappa shape index (κ3) is 7.85. The van der Waals surface area contributed by atoms with Gasteiger partial charge in [-0.2, -0.15) is 0 Å². The molecule has 1 heterocycles. The van der Waals surface area contributed by atoms with Gasteiger partial charge in [0.25, 0.3) is 0 Å². The fourth-order valence-corrected chi connectivity index (χ4v) is 6.03. The van der Waals surface area contributed by atoms with E-state index in [1.54, 1.807) is 0 Å². The Balaban J connectivity index is 1.25. The van der Waals surface area contributed by atoms with Gasteiger partial charge in [-0.15, -0.1) is 0 Å². The van der Waals surface area contributed by atoms with E-state index in [-0.39, 0.29) is 0 Å². The van der Waals surface area contributed by atoms with Gasteiger partial charge in [0.05, 0.1) is 5.56 Å². The summed E-state index contributed by atoms with van der Waals surface area (Å²) in [5.41, 5.74) is 8.05. The molecule has 1 aliphatic rings. The van der Waals surface area contributed by atoms with Crippen molar-refractivity contribution in [1.82, 2.24) is 0 Å². The van der Waals surface area contributed by atoms with Crippen LogP contribution in [0.3, 0.4) is 0 Å². The summed E-state index contributed by atoms with van der Waals surface area (Å²) in [6.07, 6.45) is 1.54.